The molecule has 0 spiro atoms. The molecule has 88 valence electrons. The molecule has 7 nitrogen and oxygen atoms in total. The Morgan fingerprint density at radius 2 is 1.57 bits per heavy atom. The zero-order valence-electron chi connectivity index (χ0n) is 7.41. The Balaban J connectivity index is -0.000000605. The molecule has 0 radical (unpaired) electrons. The van der Waals surface area contributed by atoms with E-state index in [1.807, 2.05) is 0 Å². The van der Waals surface area contributed by atoms with E-state index in [1.54, 1.807) is 0 Å². The van der Waals surface area contributed by atoms with E-state index < -0.39 is 37.3 Å². The molecule has 0 fully saturated rings. The first-order valence-electron chi connectivity index (χ1n) is 3.33. The third-order valence-corrected chi connectivity index (χ3v) is 1.39. The Bertz CT molecular complexity index is 157. The quantitative estimate of drug-likeness (QED) is 0.300. The van der Waals surface area contributed by atoms with Crippen LogP contribution in [0.15, 0.2) is 0 Å². The monoisotopic (exact) mass is 233 g/mol. The number of Topliss-reactive ketones (excluding diaryl/α,β-unsaturated/α-hetero) is 1. The number of hydrogen-bond donors (Lipinski definition) is 6. The fourth-order valence-electron chi connectivity index (χ4n) is 0.602. The lowest BCUT2D eigenvalue weighted by molar-refractivity contribution is -0.142. The van der Waals surface area contributed by atoms with E-state index in [4.69, 9.17) is 25.5 Å². The van der Waals surface area contributed by atoms with E-state index in [9.17, 15) is 4.79 Å². The van der Waals surface area contributed by atoms with Gasteiger partial charge in [0.05, 0.1) is 6.61 Å². The Labute approximate surface area is 87.0 Å². The lowest BCUT2D eigenvalue weighted by Gasteiger charge is -2.19. The van der Waals surface area contributed by atoms with Crippen molar-refractivity contribution in [3.8, 4) is 0 Å². The summed E-state index contributed by atoms with van der Waals surface area (Å²) >= 11 is 0. The van der Waals surface area contributed by atoms with Crippen LogP contribution in [0.2, 0.25) is 0 Å². The molecule has 0 saturated carbocycles. The Morgan fingerprint density at radius 1 is 1.14 bits per heavy atom. The number of aliphatic hydroxyl groups excluding tert-OH is 5. The lowest BCUT2D eigenvalue weighted by atomic mass is 10.1. The van der Waals surface area contributed by atoms with Crippen LogP contribution in [0.1, 0.15) is 0 Å². The number of aliphatic hydroxyl groups is 5. The highest BCUT2D eigenvalue weighted by atomic mass is 35.5. The van der Waals surface area contributed by atoms with Crippen LogP contribution in [0.5, 0.6) is 0 Å². The predicted octanol–water partition coefficient (Wildman–Crippen LogP) is -2.79. The van der Waals surface area contributed by atoms with E-state index in [-0.39, 0.29) is 18.6 Å². The van der Waals surface area contributed by atoms with Crippen LogP contribution in [-0.2, 0) is 4.79 Å². The van der Waals surface area contributed by atoms with Gasteiger partial charge in [-0.15, -0.1) is 12.4 Å². The normalized spacial score (nSPS) is 15.8. The molecule has 0 aromatic heterocycles. The van der Waals surface area contributed by atoms with Crippen molar-refractivity contribution in [1.82, 2.24) is 6.15 Å². The first kappa shape index (κ1) is 19.3. The second kappa shape index (κ2) is 9.28. The summed E-state index contributed by atoms with van der Waals surface area (Å²) in [5, 5.41) is 43.1. The number of hydrogen-bond acceptors (Lipinski definition) is 7. The molecule has 0 aliphatic carbocycles. The molecule has 0 aromatic carbocycles. The van der Waals surface area contributed by atoms with E-state index in [1.165, 1.54) is 0 Å². The summed E-state index contributed by atoms with van der Waals surface area (Å²) in [6.07, 6.45) is -5.22. The van der Waals surface area contributed by atoms with Gasteiger partial charge in [-0.3, -0.25) is 4.79 Å². The van der Waals surface area contributed by atoms with Crippen molar-refractivity contribution in [3.63, 3.8) is 0 Å². The number of carbonyl (C=O) groups excluding carboxylic acids is 1. The van der Waals surface area contributed by atoms with Crippen LogP contribution in [0.4, 0.5) is 0 Å². The summed E-state index contributed by atoms with van der Waals surface area (Å²) in [5.74, 6) is -1.00. The molecule has 8 N–H and O–H groups in total. The van der Waals surface area contributed by atoms with Gasteiger partial charge in [-0.2, -0.15) is 0 Å². The maximum Gasteiger partial charge on any atom is 0.189 e. The SMILES string of the molecule is Cl.N.O=C(CO)[C@H](O)[C@@H](O)[C@H](O)CO. The van der Waals surface area contributed by atoms with Crippen LogP contribution in [-0.4, -0.2) is 62.8 Å². The minimum atomic E-state index is -1.86. The standard InChI is InChI=1S/C6H12O6.ClH.H3N/c7-1-3(9)5(11)6(12)4(10)2-8;;/h3,5-9,11-12H,1-2H2;1H;1H3/t3-,5+,6+;;/m1../s1. The smallest absolute Gasteiger partial charge is 0.189 e. The zero-order valence-corrected chi connectivity index (χ0v) is 8.22. The third kappa shape index (κ3) is 5.45. The Kier molecular flexibility index (Phi) is 12.8. The van der Waals surface area contributed by atoms with Crippen molar-refractivity contribution in [3.05, 3.63) is 0 Å². The average molecular weight is 234 g/mol. The van der Waals surface area contributed by atoms with Gasteiger partial charge in [0.1, 0.15) is 24.9 Å². The lowest BCUT2D eigenvalue weighted by Crippen LogP contribution is -2.44. The van der Waals surface area contributed by atoms with Gasteiger partial charge in [-0.1, -0.05) is 0 Å². The van der Waals surface area contributed by atoms with Gasteiger partial charge in [0.15, 0.2) is 5.78 Å². The van der Waals surface area contributed by atoms with Gasteiger partial charge in [-0.05, 0) is 0 Å². The fourth-order valence-corrected chi connectivity index (χ4v) is 0.602. The van der Waals surface area contributed by atoms with Gasteiger partial charge in [-0.25, -0.2) is 0 Å². The Hall–Kier alpha value is -0.280. The first-order chi connectivity index (χ1) is 5.54. The number of rotatable bonds is 5. The van der Waals surface area contributed by atoms with Crippen molar-refractivity contribution in [2.45, 2.75) is 18.3 Å². The van der Waals surface area contributed by atoms with Crippen LogP contribution >= 0.6 is 12.4 Å². The minimum absolute atomic E-state index is 0. The van der Waals surface area contributed by atoms with E-state index >= 15 is 0 Å². The molecule has 0 saturated heterocycles. The highest BCUT2D eigenvalue weighted by Gasteiger charge is 2.28. The molecule has 14 heavy (non-hydrogen) atoms. The molecule has 0 bridgehead atoms. The topological polar surface area (TPSA) is 153 Å². The first-order valence-corrected chi connectivity index (χ1v) is 3.33. The van der Waals surface area contributed by atoms with Crippen LogP contribution in [0, 0.1) is 0 Å². The molecule has 0 rings (SSSR count). The van der Waals surface area contributed by atoms with Gasteiger partial charge in [0.25, 0.3) is 0 Å². The molecule has 0 heterocycles. The summed E-state index contributed by atoms with van der Waals surface area (Å²) in [4.78, 5) is 10.5. The van der Waals surface area contributed by atoms with Crippen molar-refractivity contribution in [2.24, 2.45) is 0 Å². The van der Waals surface area contributed by atoms with E-state index in [0.717, 1.165) is 0 Å². The molecule has 0 aliphatic heterocycles. The third-order valence-electron chi connectivity index (χ3n) is 1.39. The molecule has 3 atom stereocenters. The fraction of sp³-hybridized carbons (Fsp3) is 0.833. The maximum absolute atomic E-state index is 10.5. The molecular weight excluding hydrogens is 218 g/mol. The highest BCUT2D eigenvalue weighted by molar-refractivity contribution is 5.85. The summed E-state index contributed by atoms with van der Waals surface area (Å²) in [6, 6.07) is 0. The molecule has 8 heteroatoms. The largest absolute Gasteiger partial charge is 0.394 e. The minimum Gasteiger partial charge on any atom is -0.394 e. The number of ketones is 1. The maximum atomic E-state index is 10.5. The van der Waals surface area contributed by atoms with Crippen molar-refractivity contribution >= 4 is 18.2 Å². The van der Waals surface area contributed by atoms with Crippen molar-refractivity contribution < 1.29 is 30.3 Å². The molecule has 0 unspecified atom stereocenters. The van der Waals surface area contributed by atoms with Gasteiger partial charge in [0, 0.05) is 0 Å². The zero-order chi connectivity index (χ0) is 9.72. The summed E-state index contributed by atoms with van der Waals surface area (Å²) in [6.45, 7) is -1.69. The van der Waals surface area contributed by atoms with Crippen molar-refractivity contribution in [2.75, 3.05) is 13.2 Å². The highest BCUT2D eigenvalue weighted by Crippen LogP contribution is 2.00. The Morgan fingerprint density at radius 3 is 1.86 bits per heavy atom. The second-order valence-corrected chi connectivity index (χ2v) is 2.31. The molecule has 0 amide bonds. The number of halogens is 1. The van der Waals surface area contributed by atoms with E-state index in [0.29, 0.717) is 0 Å². The summed E-state index contributed by atoms with van der Waals surface area (Å²) < 4.78 is 0. The van der Waals surface area contributed by atoms with Gasteiger partial charge in [0.2, 0.25) is 0 Å². The van der Waals surface area contributed by atoms with E-state index in [2.05, 4.69) is 0 Å². The van der Waals surface area contributed by atoms with Crippen LogP contribution in [0.25, 0.3) is 0 Å². The van der Waals surface area contributed by atoms with Crippen molar-refractivity contribution in [1.29, 1.82) is 0 Å². The molecule has 0 aliphatic rings. The molecular formula is C6H16ClNO6. The summed E-state index contributed by atoms with van der Waals surface area (Å²) in [5.41, 5.74) is 0. The van der Waals surface area contributed by atoms with Crippen LogP contribution in [0.3, 0.4) is 0 Å². The summed E-state index contributed by atoms with van der Waals surface area (Å²) in [7, 11) is 0. The van der Waals surface area contributed by atoms with Crippen LogP contribution < -0.4 is 6.15 Å². The average Bonchev–Trinajstić information content (AvgIpc) is 2.12. The number of carbonyl (C=O) groups is 1. The van der Waals surface area contributed by atoms with Gasteiger partial charge < -0.3 is 31.7 Å². The molecule has 0 aromatic rings. The predicted molar refractivity (Wildman–Crippen MR) is 49.5 cm³/mol. The second-order valence-electron chi connectivity index (χ2n) is 2.31. The van der Waals surface area contributed by atoms with Gasteiger partial charge >= 0.3 is 0 Å².